The Bertz CT molecular complexity index is 99.0. The average molecular weight is 155 g/mol. The fourth-order valence-corrected chi connectivity index (χ4v) is 0.941. The Morgan fingerprint density at radius 3 is 2.45 bits per heavy atom. The van der Waals surface area contributed by atoms with Gasteiger partial charge in [-0.05, 0) is 25.7 Å². The molecule has 0 aromatic rings. The zero-order chi connectivity index (χ0) is 8.69. The van der Waals surface area contributed by atoms with E-state index < -0.39 is 0 Å². The van der Waals surface area contributed by atoms with E-state index in [2.05, 4.69) is 13.8 Å². The summed E-state index contributed by atoms with van der Waals surface area (Å²) in [5, 5.41) is 0. The minimum absolute atomic E-state index is 0.389. The van der Waals surface area contributed by atoms with Crippen LogP contribution in [0, 0.1) is 12.5 Å². The normalized spacial score (nSPS) is 15.9. The Labute approximate surface area is 70.4 Å². The summed E-state index contributed by atoms with van der Waals surface area (Å²) < 4.78 is 5.12. The smallest absolute Gasteiger partial charge is 0.0543 e. The summed E-state index contributed by atoms with van der Waals surface area (Å²) in [7, 11) is 1.75. The fraction of sp³-hybridized carbons (Fsp3) is 0.800. The molecule has 0 saturated heterocycles. The van der Waals surface area contributed by atoms with Crippen LogP contribution in [0.1, 0.15) is 33.1 Å². The topological polar surface area (TPSA) is 9.23 Å². The van der Waals surface area contributed by atoms with Crippen LogP contribution in [-0.2, 0) is 4.74 Å². The predicted octanol–water partition coefficient (Wildman–Crippen LogP) is 2.82. The van der Waals surface area contributed by atoms with Crippen molar-refractivity contribution in [1.29, 1.82) is 0 Å². The number of allylic oxidation sites excluding steroid dienone is 1. The molecule has 65 valence electrons. The Morgan fingerprint density at radius 2 is 2.00 bits per heavy atom. The number of rotatable bonds is 6. The minimum atomic E-state index is 0.389. The second kappa shape index (κ2) is 6.41. The summed E-state index contributed by atoms with van der Waals surface area (Å²) in [5.41, 5.74) is 0. The van der Waals surface area contributed by atoms with E-state index in [0.29, 0.717) is 12.0 Å². The number of hydrogen-bond acceptors (Lipinski definition) is 1. The highest BCUT2D eigenvalue weighted by molar-refractivity contribution is 4.71. The van der Waals surface area contributed by atoms with Crippen molar-refractivity contribution in [3.63, 3.8) is 0 Å². The summed E-state index contributed by atoms with van der Waals surface area (Å²) in [6.45, 7) is 9.60. The number of hydrogen-bond donors (Lipinski definition) is 0. The number of methoxy groups -OCH3 is 1. The molecule has 2 unspecified atom stereocenters. The Morgan fingerprint density at radius 1 is 1.36 bits per heavy atom. The van der Waals surface area contributed by atoms with Crippen LogP contribution in [0.5, 0.6) is 0 Å². The van der Waals surface area contributed by atoms with Crippen molar-refractivity contribution in [2.24, 2.45) is 5.92 Å². The third kappa shape index (κ3) is 6.11. The molecule has 11 heavy (non-hydrogen) atoms. The largest absolute Gasteiger partial charge is 0.382 e. The van der Waals surface area contributed by atoms with Gasteiger partial charge in [0.2, 0.25) is 0 Å². The van der Waals surface area contributed by atoms with Gasteiger partial charge in [-0.2, -0.15) is 0 Å². The van der Waals surface area contributed by atoms with E-state index in [0.717, 1.165) is 6.42 Å². The molecule has 0 aromatic heterocycles. The van der Waals surface area contributed by atoms with Crippen LogP contribution in [-0.4, -0.2) is 13.2 Å². The van der Waals surface area contributed by atoms with Gasteiger partial charge in [0.05, 0.1) is 6.10 Å². The predicted molar refractivity (Wildman–Crippen MR) is 48.4 cm³/mol. The van der Waals surface area contributed by atoms with Crippen molar-refractivity contribution >= 4 is 0 Å². The van der Waals surface area contributed by atoms with E-state index in [-0.39, 0.29) is 0 Å². The first-order valence-electron chi connectivity index (χ1n) is 4.28. The molecular formula is C10H19O. The van der Waals surface area contributed by atoms with E-state index in [4.69, 9.17) is 11.3 Å². The fourth-order valence-electron chi connectivity index (χ4n) is 0.941. The first-order valence-corrected chi connectivity index (χ1v) is 4.28. The molecule has 0 bridgehead atoms. The summed E-state index contributed by atoms with van der Waals surface area (Å²) >= 11 is 0. The Kier molecular flexibility index (Phi) is 6.24. The Balaban J connectivity index is 3.19. The van der Waals surface area contributed by atoms with Gasteiger partial charge in [0.1, 0.15) is 0 Å². The van der Waals surface area contributed by atoms with Crippen LogP contribution in [0.4, 0.5) is 0 Å². The van der Waals surface area contributed by atoms with Crippen LogP contribution >= 0.6 is 0 Å². The standard InChI is InChI=1S/C10H19O/c1-5-9(2)7-6-8-10(3)11-4/h1,5,9-10H,6-8H2,2-4H3. The molecule has 0 saturated carbocycles. The summed E-state index contributed by atoms with van der Waals surface area (Å²) in [5.74, 6) is 0.541. The molecule has 0 spiro atoms. The van der Waals surface area contributed by atoms with Gasteiger partial charge in [0.25, 0.3) is 0 Å². The molecule has 0 aliphatic carbocycles. The van der Waals surface area contributed by atoms with Crippen molar-refractivity contribution in [1.82, 2.24) is 0 Å². The first-order chi connectivity index (χ1) is 5.20. The third-order valence-electron chi connectivity index (χ3n) is 2.00. The van der Waals surface area contributed by atoms with Crippen LogP contribution in [0.2, 0.25) is 0 Å². The lowest BCUT2D eigenvalue weighted by Gasteiger charge is -2.09. The SMILES string of the molecule is [CH]=CC(C)CCCC(C)OC. The van der Waals surface area contributed by atoms with Crippen LogP contribution in [0.15, 0.2) is 6.08 Å². The Hall–Kier alpha value is -0.300. The zero-order valence-electron chi connectivity index (χ0n) is 7.84. The second-order valence-corrected chi connectivity index (χ2v) is 3.15. The van der Waals surface area contributed by atoms with Gasteiger partial charge in [-0.3, -0.25) is 0 Å². The van der Waals surface area contributed by atoms with E-state index in [1.54, 1.807) is 13.2 Å². The summed E-state index contributed by atoms with van der Waals surface area (Å²) in [4.78, 5) is 0. The van der Waals surface area contributed by atoms with E-state index >= 15 is 0 Å². The van der Waals surface area contributed by atoms with Crippen LogP contribution in [0.25, 0.3) is 0 Å². The van der Waals surface area contributed by atoms with Gasteiger partial charge in [-0.25, -0.2) is 0 Å². The molecular weight excluding hydrogens is 136 g/mol. The van der Waals surface area contributed by atoms with Crippen molar-refractivity contribution < 1.29 is 4.74 Å². The van der Waals surface area contributed by atoms with Gasteiger partial charge < -0.3 is 4.74 Å². The van der Waals surface area contributed by atoms with E-state index in [1.807, 2.05) is 0 Å². The first kappa shape index (κ1) is 10.7. The minimum Gasteiger partial charge on any atom is -0.382 e. The molecule has 0 aliphatic rings. The maximum absolute atomic E-state index is 5.37. The van der Waals surface area contributed by atoms with Crippen molar-refractivity contribution in [3.05, 3.63) is 12.7 Å². The van der Waals surface area contributed by atoms with Crippen LogP contribution in [0.3, 0.4) is 0 Å². The highest BCUT2D eigenvalue weighted by Crippen LogP contribution is 2.10. The zero-order valence-corrected chi connectivity index (χ0v) is 7.84. The van der Waals surface area contributed by atoms with Crippen molar-refractivity contribution in [3.8, 4) is 0 Å². The maximum Gasteiger partial charge on any atom is 0.0543 e. The van der Waals surface area contributed by atoms with Crippen molar-refractivity contribution in [2.45, 2.75) is 39.2 Å². The lowest BCUT2D eigenvalue weighted by molar-refractivity contribution is 0.108. The van der Waals surface area contributed by atoms with Gasteiger partial charge in [0.15, 0.2) is 0 Å². The molecule has 1 radical (unpaired) electrons. The van der Waals surface area contributed by atoms with E-state index in [1.165, 1.54) is 12.8 Å². The van der Waals surface area contributed by atoms with Gasteiger partial charge in [-0.1, -0.05) is 26.0 Å². The monoisotopic (exact) mass is 155 g/mol. The molecule has 0 amide bonds. The molecule has 1 nitrogen and oxygen atoms in total. The molecule has 1 heteroatoms. The second-order valence-electron chi connectivity index (χ2n) is 3.15. The number of ether oxygens (including phenoxy) is 1. The third-order valence-corrected chi connectivity index (χ3v) is 2.00. The van der Waals surface area contributed by atoms with Gasteiger partial charge in [0, 0.05) is 7.11 Å². The molecule has 2 atom stereocenters. The molecule has 0 N–H and O–H groups in total. The summed E-state index contributed by atoms with van der Waals surface area (Å²) in [6, 6.07) is 0. The molecule has 0 rings (SSSR count). The lowest BCUT2D eigenvalue weighted by Crippen LogP contribution is -2.04. The molecule has 0 fully saturated rings. The average Bonchev–Trinajstić information content (AvgIpc) is 2.04. The quantitative estimate of drug-likeness (QED) is 0.573. The highest BCUT2D eigenvalue weighted by Gasteiger charge is 2.00. The molecule has 0 aromatic carbocycles. The highest BCUT2D eigenvalue weighted by atomic mass is 16.5. The van der Waals surface area contributed by atoms with E-state index in [9.17, 15) is 0 Å². The lowest BCUT2D eigenvalue weighted by atomic mass is 10.0. The molecule has 0 heterocycles. The van der Waals surface area contributed by atoms with Gasteiger partial charge >= 0.3 is 0 Å². The summed E-state index contributed by atoms with van der Waals surface area (Å²) in [6.07, 6.45) is 5.65. The van der Waals surface area contributed by atoms with Crippen molar-refractivity contribution in [2.75, 3.05) is 7.11 Å². The maximum atomic E-state index is 5.37. The van der Waals surface area contributed by atoms with Gasteiger partial charge in [-0.15, -0.1) is 0 Å². The molecule has 0 aliphatic heterocycles. The van der Waals surface area contributed by atoms with Crippen LogP contribution < -0.4 is 0 Å².